The largest absolute Gasteiger partial charge is 0.380 e. The molecule has 20 heavy (non-hydrogen) atoms. The summed E-state index contributed by atoms with van der Waals surface area (Å²) in [5, 5.41) is 6.61. The molecule has 0 spiro atoms. The van der Waals surface area contributed by atoms with Crippen molar-refractivity contribution < 1.29 is 0 Å². The molecule has 0 saturated heterocycles. The molecule has 1 N–H and O–H groups in total. The van der Waals surface area contributed by atoms with Gasteiger partial charge in [-0.1, -0.05) is 63.9 Å². The fourth-order valence-corrected chi connectivity index (χ4v) is 2.92. The highest BCUT2D eigenvalue weighted by Crippen LogP contribution is 2.26. The predicted octanol–water partition coefficient (Wildman–Crippen LogP) is 5.87. The van der Waals surface area contributed by atoms with Gasteiger partial charge in [0.1, 0.15) is 0 Å². The van der Waals surface area contributed by atoms with Gasteiger partial charge in [-0.3, -0.25) is 0 Å². The van der Waals surface area contributed by atoms with Gasteiger partial charge < -0.3 is 5.32 Å². The molecule has 0 atom stereocenters. The Morgan fingerprint density at radius 2 is 1.70 bits per heavy atom. The zero-order chi connectivity index (χ0) is 13.9. The van der Waals surface area contributed by atoms with Crippen LogP contribution in [0.1, 0.15) is 5.56 Å². The summed E-state index contributed by atoms with van der Waals surface area (Å²) in [4.78, 5) is 0. The van der Waals surface area contributed by atoms with E-state index in [1.807, 2.05) is 18.2 Å². The van der Waals surface area contributed by atoms with Crippen LogP contribution in [-0.2, 0) is 6.54 Å². The highest BCUT2D eigenvalue weighted by Gasteiger charge is 2.01. The summed E-state index contributed by atoms with van der Waals surface area (Å²) in [6, 6.07) is 20.7. The first-order chi connectivity index (χ1) is 9.72. The van der Waals surface area contributed by atoms with Gasteiger partial charge in [-0.25, -0.2) is 0 Å². The standard InChI is InChI=1S/C17H13BrClN/c18-15-7-8-17(16(19)10-15)20-11-12-5-6-13-3-1-2-4-14(13)9-12/h1-10,20H,11H2. The van der Waals surface area contributed by atoms with Crippen LogP contribution in [0.4, 0.5) is 5.69 Å². The molecule has 0 heterocycles. The Morgan fingerprint density at radius 3 is 2.50 bits per heavy atom. The lowest BCUT2D eigenvalue weighted by Gasteiger charge is -2.09. The lowest BCUT2D eigenvalue weighted by molar-refractivity contribution is 1.15. The summed E-state index contributed by atoms with van der Waals surface area (Å²) in [5.74, 6) is 0. The summed E-state index contributed by atoms with van der Waals surface area (Å²) >= 11 is 9.61. The van der Waals surface area contributed by atoms with Gasteiger partial charge in [0, 0.05) is 11.0 Å². The van der Waals surface area contributed by atoms with Gasteiger partial charge in [0.25, 0.3) is 0 Å². The molecule has 0 aromatic heterocycles. The summed E-state index contributed by atoms with van der Waals surface area (Å²) < 4.78 is 0.985. The zero-order valence-electron chi connectivity index (χ0n) is 10.7. The Morgan fingerprint density at radius 1 is 0.900 bits per heavy atom. The van der Waals surface area contributed by atoms with Crippen LogP contribution in [0.15, 0.2) is 65.1 Å². The quantitative estimate of drug-likeness (QED) is 0.625. The fourth-order valence-electron chi connectivity index (χ4n) is 2.18. The third-order valence-electron chi connectivity index (χ3n) is 3.23. The third kappa shape index (κ3) is 2.97. The normalized spacial score (nSPS) is 10.7. The van der Waals surface area contributed by atoms with Crippen LogP contribution >= 0.6 is 27.5 Å². The molecule has 0 unspecified atom stereocenters. The van der Waals surface area contributed by atoms with Crippen molar-refractivity contribution in [1.29, 1.82) is 0 Å². The van der Waals surface area contributed by atoms with Crippen LogP contribution in [-0.4, -0.2) is 0 Å². The minimum Gasteiger partial charge on any atom is -0.380 e. The van der Waals surface area contributed by atoms with E-state index in [0.717, 1.165) is 21.7 Å². The lowest BCUT2D eigenvalue weighted by Crippen LogP contribution is -1.99. The molecule has 0 amide bonds. The first-order valence-electron chi connectivity index (χ1n) is 6.39. The van der Waals surface area contributed by atoms with Crippen molar-refractivity contribution in [2.75, 3.05) is 5.32 Å². The minimum absolute atomic E-state index is 0.722. The molecule has 3 aromatic carbocycles. The van der Waals surface area contributed by atoms with Crippen LogP contribution < -0.4 is 5.32 Å². The maximum atomic E-state index is 6.20. The highest BCUT2D eigenvalue weighted by molar-refractivity contribution is 9.10. The fraction of sp³-hybridized carbons (Fsp3) is 0.0588. The maximum absolute atomic E-state index is 6.20. The molecule has 0 saturated carbocycles. The molecular weight excluding hydrogens is 334 g/mol. The van der Waals surface area contributed by atoms with E-state index in [1.54, 1.807) is 0 Å². The van der Waals surface area contributed by atoms with Crippen LogP contribution in [0.5, 0.6) is 0 Å². The summed E-state index contributed by atoms with van der Waals surface area (Å²) in [5.41, 5.74) is 2.19. The van der Waals surface area contributed by atoms with Crippen LogP contribution in [0.25, 0.3) is 10.8 Å². The number of hydrogen-bond acceptors (Lipinski definition) is 1. The van der Waals surface area contributed by atoms with Gasteiger partial charge >= 0.3 is 0 Å². The third-order valence-corrected chi connectivity index (χ3v) is 4.03. The Hall–Kier alpha value is -1.51. The van der Waals surface area contributed by atoms with Crippen LogP contribution in [0.2, 0.25) is 5.02 Å². The van der Waals surface area contributed by atoms with Crippen molar-refractivity contribution in [1.82, 2.24) is 0 Å². The molecule has 0 radical (unpaired) electrons. The number of nitrogens with one attached hydrogen (secondary N) is 1. The van der Waals surface area contributed by atoms with Crippen molar-refractivity contribution in [3.05, 3.63) is 75.7 Å². The van der Waals surface area contributed by atoms with Gasteiger partial charge in [0.05, 0.1) is 10.7 Å². The molecule has 0 fully saturated rings. The molecule has 0 aliphatic heterocycles. The van der Waals surface area contributed by atoms with E-state index in [4.69, 9.17) is 11.6 Å². The van der Waals surface area contributed by atoms with E-state index < -0.39 is 0 Å². The summed E-state index contributed by atoms with van der Waals surface area (Å²) in [6.07, 6.45) is 0. The van der Waals surface area contributed by atoms with E-state index in [1.165, 1.54) is 16.3 Å². The Balaban J connectivity index is 1.79. The molecular formula is C17H13BrClN. The van der Waals surface area contributed by atoms with Crippen LogP contribution in [0, 0.1) is 0 Å². The molecule has 0 aliphatic carbocycles. The van der Waals surface area contributed by atoms with Crippen molar-refractivity contribution in [2.24, 2.45) is 0 Å². The van der Waals surface area contributed by atoms with E-state index in [0.29, 0.717) is 0 Å². The molecule has 0 aliphatic rings. The van der Waals surface area contributed by atoms with Gasteiger partial charge in [-0.2, -0.15) is 0 Å². The lowest BCUT2D eigenvalue weighted by atomic mass is 10.1. The van der Waals surface area contributed by atoms with E-state index >= 15 is 0 Å². The van der Waals surface area contributed by atoms with Gasteiger partial charge in [-0.05, 0) is 40.6 Å². The van der Waals surface area contributed by atoms with Gasteiger partial charge in [0.15, 0.2) is 0 Å². The Labute approximate surface area is 131 Å². The number of benzene rings is 3. The number of rotatable bonds is 3. The van der Waals surface area contributed by atoms with Gasteiger partial charge in [0.2, 0.25) is 0 Å². The maximum Gasteiger partial charge on any atom is 0.0648 e. The number of hydrogen-bond donors (Lipinski definition) is 1. The monoisotopic (exact) mass is 345 g/mol. The highest BCUT2D eigenvalue weighted by atomic mass is 79.9. The molecule has 3 heteroatoms. The molecule has 100 valence electrons. The van der Waals surface area contributed by atoms with Crippen molar-refractivity contribution in [3.63, 3.8) is 0 Å². The summed E-state index contributed by atoms with van der Waals surface area (Å²) in [7, 11) is 0. The molecule has 0 bridgehead atoms. The summed E-state index contributed by atoms with van der Waals surface area (Å²) in [6.45, 7) is 0.756. The Kier molecular flexibility index (Phi) is 3.95. The minimum atomic E-state index is 0.722. The van der Waals surface area contributed by atoms with E-state index in [2.05, 4.69) is 63.7 Å². The van der Waals surface area contributed by atoms with Crippen molar-refractivity contribution in [2.45, 2.75) is 6.54 Å². The second kappa shape index (κ2) is 5.86. The number of anilines is 1. The first kappa shape index (κ1) is 13.5. The predicted molar refractivity (Wildman–Crippen MR) is 90.4 cm³/mol. The topological polar surface area (TPSA) is 12.0 Å². The molecule has 3 rings (SSSR count). The second-order valence-corrected chi connectivity index (χ2v) is 5.98. The SMILES string of the molecule is Clc1cc(Br)ccc1NCc1ccc2ccccc2c1. The number of fused-ring (bicyclic) bond motifs is 1. The second-order valence-electron chi connectivity index (χ2n) is 4.66. The van der Waals surface area contributed by atoms with Crippen LogP contribution in [0.3, 0.4) is 0 Å². The average molecular weight is 347 g/mol. The van der Waals surface area contributed by atoms with Crippen molar-refractivity contribution >= 4 is 44.0 Å². The van der Waals surface area contributed by atoms with E-state index in [-0.39, 0.29) is 0 Å². The first-order valence-corrected chi connectivity index (χ1v) is 7.56. The smallest absolute Gasteiger partial charge is 0.0648 e. The molecule has 3 aromatic rings. The van der Waals surface area contributed by atoms with Gasteiger partial charge in [-0.15, -0.1) is 0 Å². The Bertz CT molecular complexity index is 755. The molecule has 1 nitrogen and oxygen atoms in total. The zero-order valence-corrected chi connectivity index (χ0v) is 13.1. The van der Waals surface area contributed by atoms with Crippen molar-refractivity contribution in [3.8, 4) is 0 Å². The van der Waals surface area contributed by atoms with E-state index in [9.17, 15) is 0 Å². The number of halogens is 2. The average Bonchev–Trinajstić information content (AvgIpc) is 2.46.